The summed E-state index contributed by atoms with van der Waals surface area (Å²) < 4.78 is 23.6. The van der Waals surface area contributed by atoms with Gasteiger partial charge in [0.2, 0.25) is 11.7 Å². The van der Waals surface area contributed by atoms with Crippen LogP contribution in [-0.2, 0) is 26.2 Å². The molecule has 0 bridgehead atoms. The fraction of sp³-hybridized carbons (Fsp3) is 0.316. The number of nitrogens with one attached hydrogen (secondary N) is 1. The first kappa shape index (κ1) is 35.4. The van der Waals surface area contributed by atoms with Gasteiger partial charge in [-0.25, -0.2) is 4.79 Å². The molecular formula is C38H40N4O8S. The lowest BCUT2D eigenvalue weighted by atomic mass is 9.86. The minimum atomic E-state index is -1.46. The number of ether oxygens (including phenoxy) is 4. The number of ketones is 1. The number of anilines is 2. The van der Waals surface area contributed by atoms with Gasteiger partial charge < -0.3 is 29.0 Å². The molecule has 0 radical (unpaired) electrons. The maximum absolute atomic E-state index is 14.1. The quantitative estimate of drug-likeness (QED) is 0.185. The molecular weight excluding hydrogens is 673 g/mol. The highest BCUT2D eigenvalue weighted by Crippen LogP contribution is 2.42. The van der Waals surface area contributed by atoms with E-state index in [2.05, 4.69) is 14.9 Å². The number of rotatable bonds is 11. The first-order chi connectivity index (χ1) is 24.4. The van der Waals surface area contributed by atoms with E-state index in [1.54, 1.807) is 76.5 Å². The lowest BCUT2D eigenvalue weighted by Crippen LogP contribution is -2.36. The average Bonchev–Trinajstić information content (AvgIpc) is 3.73. The van der Waals surface area contributed by atoms with Gasteiger partial charge in [0.1, 0.15) is 29.5 Å². The average molecular weight is 713 g/mol. The molecule has 0 saturated carbocycles. The second-order valence-corrected chi connectivity index (χ2v) is 14.2. The molecule has 3 aromatic carbocycles. The van der Waals surface area contributed by atoms with Gasteiger partial charge in [0.25, 0.3) is 0 Å². The number of allylic oxidation sites excluding steroid dienone is 1. The van der Waals surface area contributed by atoms with E-state index in [0.29, 0.717) is 53.0 Å². The number of morpholine rings is 1. The Bertz CT molecular complexity index is 1990. The maximum atomic E-state index is 14.1. The highest BCUT2D eigenvalue weighted by Gasteiger charge is 2.41. The van der Waals surface area contributed by atoms with E-state index in [1.165, 1.54) is 4.90 Å². The number of amides is 1. The summed E-state index contributed by atoms with van der Waals surface area (Å²) in [4.78, 5) is 49.5. The normalized spacial score (nSPS) is 17.0. The molecule has 12 nitrogen and oxygen atoms in total. The molecule has 51 heavy (non-hydrogen) atoms. The first-order valence-electron chi connectivity index (χ1n) is 16.5. The van der Waals surface area contributed by atoms with E-state index < -0.39 is 17.2 Å². The van der Waals surface area contributed by atoms with E-state index in [9.17, 15) is 19.5 Å². The van der Waals surface area contributed by atoms with E-state index in [1.807, 2.05) is 36.4 Å². The number of aromatic hydroxyl groups is 1. The number of carbonyl (C=O) groups is 2. The first-order valence-corrected chi connectivity index (χ1v) is 17.3. The standard InChI is InChI=1S/C38H40N4O8S/c1-37(2,3)50-36(46)41(4)26-11-14-30(31(23-26)49-29-8-5-7-27(22-29)42-17-19-47-20-18-42)38(15-6-16-39-38)33(43)24-48-28-12-9-25(10-13-28)21-32-34(44)40-35(45)51-32/h5-16,22-23,44H,17-21,24H2,1-4H3,(H,40,45). The zero-order valence-corrected chi connectivity index (χ0v) is 29.7. The van der Waals surface area contributed by atoms with Crippen LogP contribution in [0, 0.1) is 0 Å². The van der Waals surface area contributed by atoms with Crippen LogP contribution in [-0.4, -0.2) is 73.7 Å². The number of benzene rings is 3. The van der Waals surface area contributed by atoms with Gasteiger partial charge in [-0.1, -0.05) is 29.5 Å². The van der Waals surface area contributed by atoms with Crippen LogP contribution in [0.2, 0.25) is 0 Å². The van der Waals surface area contributed by atoms with Gasteiger partial charge in [-0.15, -0.1) is 0 Å². The van der Waals surface area contributed by atoms with Gasteiger partial charge in [-0.05, 0) is 74.9 Å². The second-order valence-electron chi connectivity index (χ2n) is 13.1. The molecule has 4 aromatic rings. The van der Waals surface area contributed by atoms with E-state index >= 15 is 0 Å². The number of thiazole rings is 1. The Balaban J connectivity index is 1.27. The molecule has 1 aromatic heterocycles. The zero-order valence-electron chi connectivity index (χ0n) is 28.9. The van der Waals surface area contributed by atoms with E-state index in [0.717, 1.165) is 35.7 Å². The highest BCUT2D eigenvalue weighted by atomic mass is 32.1. The third-order valence-electron chi connectivity index (χ3n) is 8.34. The van der Waals surface area contributed by atoms with Crippen molar-refractivity contribution in [2.24, 2.45) is 4.99 Å². The molecule has 2 aliphatic rings. The largest absolute Gasteiger partial charge is 0.494 e. The Morgan fingerprint density at radius 1 is 1.06 bits per heavy atom. The number of aromatic nitrogens is 1. The topological polar surface area (TPSA) is 143 Å². The predicted octanol–water partition coefficient (Wildman–Crippen LogP) is 6.22. The highest BCUT2D eigenvalue weighted by molar-refractivity contribution is 7.09. The SMILES string of the molecule is CN(C(=O)OC(C)(C)C)c1ccc(C2(C(=O)COc3ccc(Cc4sc(=O)[nH]c4O)cc3)C=CC=N2)c(Oc2cccc(N3CCOCC3)c2)c1. The number of hydrogen-bond donors (Lipinski definition) is 2. The fourth-order valence-electron chi connectivity index (χ4n) is 5.73. The Morgan fingerprint density at radius 3 is 2.49 bits per heavy atom. The summed E-state index contributed by atoms with van der Waals surface area (Å²) in [6, 6.07) is 19.9. The van der Waals surface area contributed by atoms with Crippen LogP contribution < -0.4 is 24.1 Å². The van der Waals surface area contributed by atoms with Gasteiger partial charge in [-0.2, -0.15) is 0 Å². The Morgan fingerprint density at radius 2 is 1.82 bits per heavy atom. The van der Waals surface area contributed by atoms with Crippen molar-refractivity contribution in [3.8, 4) is 23.1 Å². The molecule has 266 valence electrons. The molecule has 0 spiro atoms. The van der Waals surface area contributed by atoms with Crippen molar-refractivity contribution in [1.29, 1.82) is 0 Å². The van der Waals surface area contributed by atoms with Crippen molar-refractivity contribution in [3.63, 3.8) is 0 Å². The minimum Gasteiger partial charge on any atom is -0.494 e. The summed E-state index contributed by atoms with van der Waals surface area (Å²) in [5, 5.41) is 9.93. The fourth-order valence-corrected chi connectivity index (χ4v) is 6.49. The third kappa shape index (κ3) is 8.33. The van der Waals surface area contributed by atoms with Crippen molar-refractivity contribution in [2.45, 2.75) is 38.3 Å². The minimum absolute atomic E-state index is 0.135. The van der Waals surface area contributed by atoms with Crippen molar-refractivity contribution in [2.75, 3.05) is 49.8 Å². The van der Waals surface area contributed by atoms with E-state index in [-0.39, 0.29) is 23.1 Å². The molecule has 2 N–H and O–H groups in total. The monoisotopic (exact) mass is 712 g/mol. The zero-order chi connectivity index (χ0) is 36.2. The Kier molecular flexibility index (Phi) is 10.3. The molecule has 1 unspecified atom stereocenters. The molecule has 13 heteroatoms. The van der Waals surface area contributed by atoms with Crippen LogP contribution in [0.15, 0.2) is 88.7 Å². The second kappa shape index (κ2) is 14.8. The molecule has 6 rings (SSSR count). The number of carbonyl (C=O) groups excluding carboxylic acids is 2. The smallest absolute Gasteiger partial charge is 0.414 e. The number of hydrogen-bond acceptors (Lipinski definition) is 11. The summed E-state index contributed by atoms with van der Waals surface area (Å²) in [5.41, 5.74) is 0.651. The summed E-state index contributed by atoms with van der Waals surface area (Å²) in [5.74, 6) is 0.870. The molecule has 1 amide bonds. The maximum Gasteiger partial charge on any atom is 0.414 e. The predicted molar refractivity (Wildman–Crippen MR) is 196 cm³/mol. The van der Waals surface area contributed by atoms with Crippen LogP contribution in [0.5, 0.6) is 23.1 Å². The molecule has 3 heterocycles. The van der Waals surface area contributed by atoms with Crippen LogP contribution in [0.4, 0.5) is 16.2 Å². The van der Waals surface area contributed by atoms with E-state index in [4.69, 9.17) is 18.9 Å². The van der Waals surface area contributed by atoms with Gasteiger partial charge in [0.15, 0.2) is 5.54 Å². The number of nitrogens with zero attached hydrogens (tertiary/aromatic N) is 3. The molecule has 2 aliphatic heterocycles. The summed E-state index contributed by atoms with van der Waals surface area (Å²) >= 11 is 0.954. The lowest BCUT2D eigenvalue weighted by molar-refractivity contribution is -0.124. The number of H-pyrrole nitrogens is 1. The molecule has 1 fully saturated rings. The van der Waals surface area contributed by atoms with Gasteiger partial charge >= 0.3 is 11.0 Å². The number of aliphatic imine (C=N–C) groups is 1. The van der Waals surface area contributed by atoms with Crippen molar-refractivity contribution in [1.82, 2.24) is 4.98 Å². The Hall–Kier alpha value is -5.40. The van der Waals surface area contributed by atoms with Gasteiger partial charge in [0, 0.05) is 56.2 Å². The molecule has 1 atom stereocenters. The summed E-state index contributed by atoms with van der Waals surface area (Å²) in [6.07, 6.45) is 4.82. The Labute approximate surface area is 299 Å². The van der Waals surface area contributed by atoms with Crippen LogP contribution in [0.25, 0.3) is 0 Å². The number of Topliss-reactive ketones (excluding diaryl/α,β-unsaturated/α-hetero) is 1. The summed E-state index contributed by atoms with van der Waals surface area (Å²) in [7, 11) is 1.61. The van der Waals surface area contributed by atoms with Crippen LogP contribution >= 0.6 is 11.3 Å². The third-order valence-corrected chi connectivity index (χ3v) is 9.21. The summed E-state index contributed by atoms with van der Waals surface area (Å²) in [6.45, 7) is 7.88. The number of aromatic amines is 1. The van der Waals surface area contributed by atoms with Gasteiger partial charge in [0.05, 0.1) is 23.8 Å². The molecule has 1 saturated heterocycles. The van der Waals surface area contributed by atoms with Crippen molar-refractivity contribution < 1.29 is 33.6 Å². The van der Waals surface area contributed by atoms with Crippen molar-refractivity contribution in [3.05, 3.63) is 105 Å². The van der Waals surface area contributed by atoms with Crippen LogP contribution in [0.3, 0.4) is 0 Å². The van der Waals surface area contributed by atoms with Gasteiger partial charge in [-0.3, -0.25) is 24.5 Å². The lowest BCUT2D eigenvalue weighted by Gasteiger charge is -2.30. The van der Waals surface area contributed by atoms with Crippen molar-refractivity contribution >= 4 is 40.8 Å². The molecule has 0 aliphatic carbocycles. The van der Waals surface area contributed by atoms with Crippen LogP contribution in [0.1, 0.15) is 36.8 Å².